The average Bonchev–Trinajstić information content (AvgIpc) is 2.86. The first kappa shape index (κ1) is 25.1. The number of fused-ring (bicyclic) bond motifs is 1. The molecule has 0 fully saturated rings. The Labute approximate surface area is 206 Å². The van der Waals surface area contributed by atoms with Crippen LogP contribution in [0.5, 0.6) is 11.5 Å². The molecule has 1 aromatic heterocycles. The molecule has 1 N–H and O–H groups in total. The lowest BCUT2D eigenvalue weighted by atomic mass is 10.1. The molecule has 0 spiro atoms. The molecule has 1 unspecified atom stereocenters. The number of carboxylic acid groups (broad SMARTS) is 1. The van der Waals surface area contributed by atoms with Gasteiger partial charge >= 0.3 is 12.6 Å². The van der Waals surface area contributed by atoms with Crippen molar-refractivity contribution in [1.29, 1.82) is 0 Å². The highest BCUT2D eigenvalue weighted by atomic mass is 32.2. The molecule has 188 valence electrons. The Kier molecular flexibility index (Phi) is 7.49. The van der Waals surface area contributed by atoms with E-state index in [1.807, 2.05) is 12.1 Å². The first-order valence-corrected chi connectivity index (χ1v) is 12.4. The first-order valence-electron chi connectivity index (χ1n) is 10.9. The van der Waals surface area contributed by atoms with Crippen molar-refractivity contribution >= 4 is 33.8 Å². The van der Waals surface area contributed by atoms with Crippen LogP contribution >= 0.6 is 0 Å². The summed E-state index contributed by atoms with van der Waals surface area (Å²) in [6, 6.07) is 15.2. The van der Waals surface area contributed by atoms with Crippen molar-refractivity contribution in [2.75, 3.05) is 10.8 Å². The number of halogens is 2. The SMILES string of the molecule is O=C(O)CCC1CN(S(=O)(=O)c2cccc(OC(F)F)c2)c2cc(C=Cc3ccccn3)ccc2O1. The molecule has 1 atom stereocenters. The number of ether oxygens (including phenoxy) is 2. The van der Waals surface area contributed by atoms with Gasteiger partial charge < -0.3 is 14.6 Å². The molecule has 2 heterocycles. The van der Waals surface area contributed by atoms with Crippen LogP contribution in [0.3, 0.4) is 0 Å². The molecule has 0 amide bonds. The third-order valence-corrected chi connectivity index (χ3v) is 7.12. The van der Waals surface area contributed by atoms with Gasteiger partial charge in [0.15, 0.2) is 0 Å². The number of anilines is 1. The zero-order chi connectivity index (χ0) is 25.7. The third-order valence-electron chi connectivity index (χ3n) is 5.35. The maximum atomic E-state index is 13.6. The number of nitrogens with zero attached hydrogens (tertiary/aromatic N) is 2. The predicted molar refractivity (Wildman–Crippen MR) is 128 cm³/mol. The minimum Gasteiger partial charge on any atom is -0.486 e. The summed E-state index contributed by atoms with van der Waals surface area (Å²) in [6.45, 7) is -3.27. The highest BCUT2D eigenvalue weighted by Crippen LogP contribution is 2.39. The Morgan fingerprint density at radius 1 is 1.17 bits per heavy atom. The van der Waals surface area contributed by atoms with Gasteiger partial charge in [-0.3, -0.25) is 14.1 Å². The number of alkyl halides is 2. The van der Waals surface area contributed by atoms with Crippen molar-refractivity contribution in [3.05, 3.63) is 78.1 Å². The van der Waals surface area contributed by atoms with Crippen molar-refractivity contribution in [3.63, 3.8) is 0 Å². The lowest BCUT2D eigenvalue weighted by Crippen LogP contribution is -2.43. The van der Waals surface area contributed by atoms with E-state index in [2.05, 4.69) is 9.72 Å². The molecular formula is C25H22F2N2O6S. The normalized spacial score (nSPS) is 15.5. The van der Waals surface area contributed by atoms with Crippen LogP contribution in [0.4, 0.5) is 14.5 Å². The van der Waals surface area contributed by atoms with Gasteiger partial charge in [0.25, 0.3) is 10.0 Å². The Hall–Kier alpha value is -3.99. The van der Waals surface area contributed by atoms with Crippen molar-refractivity contribution < 1.29 is 36.6 Å². The fourth-order valence-corrected chi connectivity index (χ4v) is 5.22. The van der Waals surface area contributed by atoms with Crippen LogP contribution in [0.15, 0.2) is 71.8 Å². The van der Waals surface area contributed by atoms with Crippen LogP contribution < -0.4 is 13.8 Å². The zero-order valence-electron chi connectivity index (χ0n) is 18.8. The lowest BCUT2D eigenvalue weighted by molar-refractivity contribution is -0.137. The van der Waals surface area contributed by atoms with Crippen molar-refractivity contribution in [2.24, 2.45) is 0 Å². The molecule has 36 heavy (non-hydrogen) atoms. The van der Waals surface area contributed by atoms with E-state index < -0.39 is 28.7 Å². The maximum Gasteiger partial charge on any atom is 0.387 e. The summed E-state index contributed by atoms with van der Waals surface area (Å²) in [6.07, 6.45) is 4.33. The number of carboxylic acids is 1. The van der Waals surface area contributed by atoms with Crippen LogP contribution in [0.25, 0.3) is 12.2 Å². The first-order chi connectivity index (χ1) is 17.2. The van der Waals surface area contributed by atoms with Gasteiger partial charge in [-0.1, -0.05) is 24.3 Å². The number of pyridine rings is 1. The van der Waals surface area contributed by atoms with Crippen LogP contribution in [-0.2, 0) is 14.8 Å². The molecule has 0 aliphatic carbocycles. The largest absolute Gasteiger partial charge is 0.486 e. The number of hydrogen-bond acceptors (Lipinski definition) is 6. The average molecular weight is 517 g/mol. The fraction of sp³-hybridized carbons (Fsp3) is 0.200. The Morgan fingerprint density at radius 3 is 2.72 bits per heavy atom. The van der Waals surface area contributed by atoms with Crippen LogP contribution in [0.1, 0.15) is 24.1 Å². The summed E-state index contributed by atoms with van der Waals surface area (Å²) in [5.41, 5.74) is 1.62. The molecular weight excluding hydrogens is 494 g/mol. The number of rotatable bonds is 9. The Balaban J connectivity index is 1.72. The van der Waals surface area contributed by atoms with Gasteiger partial charge in [0.2, 0.25) is 0 Å². The van der Waals surface area contributed by atoms with E-state index in [9.17, 15) is 22.0 Å². The van der Waals surface area contributed by atoms with Crippen LogP contribution in [-0.4, -0.2) is 43.7 Å². The molecule has 4 rings (SSSR count). The summed E-state index contributed by atoms with van der Waals surface area (Å²) in [4.78, 5) is 15.0. The molecule has 3 aromatic rings. The minimum absolute atomic E-state index is 0.0800. The van der Waals surface area contributed by atoms with Gasteiger partial charge in [-0.05, 0) is 54.5 Å². The van der Waals surface area contributed by atoms with Crippen molar-refractivity contribution in [3.8, 4) is 11.5 Å². The van der Waals surface area contributed by atoms with E-state index in [0.717, 1.165) is 10.4 Å². The van der Waals surface area contributed by atoms with Gasteiger partial charge in [-0.2, -0.15) is 8.78 Å². The smallest absolute Gasteiger partial charge is 0.387 e. The molecule has 1 aliphatic heterocycles. The van der Waals surface area contributed by atoms with E-state index in [1.54, 1.807) is 42.6 Å². The van der Waals surface area contributed by atoms with Crippen molar-refractivity contribution in [2.45, 2.75) is 30.5 Å². The molecule has 0 radical (unpaired) electrons. The molecule has 11 heteroatoms. The van der Waals surface area contributed by atoms with Crippen LogP contribution in [0, 0.1) is 0 Å². The number of hydrogen-bond donors (Lipinski definition) is 1. The van der Waals surface area contributed by atoms with E-state index in [0.29, 0.717) is 11.3 Å². The van der Waals surface area contributed by atoms with E-state index >= 15 is 0 Å². The summed E-state index contributed by atoms with van der Waals surface area (Å²) in [5, 5.41) is 9.06. The van der Waals surface area contributed by atoms with Gasteiger partial charge in [0.1, 0.15) is 17.6 Å². The van der Waals surface area contributed by atoms with Gasteiger partial charge in [0, 0.05) is 18.7 Å². The number of aliphatic carboxylic acids is 1. The Bertz CT molecular complexity index is 1370. The summed E-state index contributed by atoms with van der Waals surface area (Å²) in [5.74, 6) is -1.07. The second-order valence-electron chi connectivity index (χ2n) is 7.88. The predicted octanol–water partition coefficient (Wildman–Crippen LogP) is 4.67. The zero-order valence-corrected chi connectivity index (χ0v) is 19.6. The molecule has 0 saturated heterocycles. The maximum absolute atomic E-state index is 13.6. The minimum atomic E-state index is -4.24. The van der Waals surface area contributed by atoms with Crippen molar-refractivity contribution in [1.82, 2.24) is 4.98 Å². The lowest BCUT2D eigenvalue weighted by Gasteiger charge is -2.35. The molecule has 8 nitrogen and oxygen atoms in total. The quantitative estimate of drug-likeness (QED) is 0.440. The third kappa shape index (κ3) is 5.98. The second-order valence-corrected chi connectivity index (χ2v) is 9.74. The van der Waals surface area contributed by atoms with E-state index in [-0.39, 0.29) is 41.5 Å². The number of aromatic nitrogens is 1. The monoisotopic (exact) mass is 516 g/mol. The van der Waals surface area contributed by atoms with E-state index in [4.69, 9.17) is 9.84 Å². The van der Waals surface area contributed by atoms with Gasteiger partial charge in [-0.25, -0.2) is 8.42 Å². The summed E-state index contributed by atoms with van der Waals surface area (Å²) < 4.78 is 64.0. The van der Waals surface area contributed by atoms with Gasteiger partial charge in [0.05, 0.1) is 22.8 Å². The highest BCUT2D eigenvalue weighted by Gasteiger charge is 2.35. The number of sulfonamides is 1. The summed E-state index contributed by atoms with van der Waals surface area (Å²) >= 11 is 0. The van der Waals surface area contributed by atoms with Gasteiger partial charge in [-0.15, -0.1) is 0 Å². The molecule has 0 saturated carbocycles. The highest BCUT2D eigenvalue weighted by molar-refractivity contribution is 7.92. The van der Waals surface area contributed by atoms with E-state index in [1.165, 1.54) is 18.2 Å². The van der Waals surface area contributed by atoms with Crippen LogP contribution in [0.2, 0.25) is 0 Å². The molecule has 2 aromatic carbocycles. The number of carbonyl (C=O) groups is 1. The molecule has 1 aliphatic rings. The second kappa shape index (κ2) is 10.7. The fourth-order valence-electron chi connectivity index (χ4n) is 3.69. The summed E-state index contributed by atoms with van der Waals surface area (Å²) in [7, 11) is -4.24. The molecule has 0 bridgehead atoms. The standard InChI is InChI=1S/C25H22F2N2O6S/c26-25(27)35-19-5-3-6-21(15-19)36(32,33)29-16-20(10-12-24(30)31)34-23-11-8-17(14-22(23)29)7-9-18-4-1-2-13-28-18/h1-9,11,13-15,20,25H,10,12,16H2,(H,30,31). The topological polar surface area (TPSA) is 106 Å². The number of benzene rings is 2. The Morgan fingerprint density at radius 2 is 2.00 bits per heavy atom.